The lowest BCUT2D eigenvalue weighted by atomic mass is 10.1. The third-order valence-electron chi connectivity index (χ3n) is 4.64. The third kappa shape index (κ3) is 3.67. The molecule has 29 heavy (non-hydrogen) atoms. The molecule has 0 amide bonds. The molecule has 0 bridgehead atoms. The number of ether oxygens (including phenoxy) is 2. The first-order chi connectivity index (χ1) is 13.9. The Kier molecular flexibility index (Phi) is 4.73. The van der Waals surface area contributed by atoms with Gasteiger partial charge in [-0.05, 0) is 48.5 Å². The number of nitrogens with one attached hydrogen (secondary N) is 1. The van der Waals surface area contributed by atoms with E-state index in [0.29, 0.717) is 11.5 Å². The van der Waals surface area contributed by atoms with Gasteiger partial charge in [0.05, 0.1) is 35.8 Å². The monoisotopic (exact) mass is 409 g/mol. The van der Waals surface area contributed by atoms with Crippen LogP contribution in [0.2, 0.25) is 0 Å². The zero-order valence-corrected chi connectivity index (χ0v) is 16.7. The first-order valence-corrected chi connectivity index (χ1v) is 10.3. The molecule has 0 saturated heterocycles. The lowest BCUT2D eigenvalue weighted by molar-refractivity contribution is 0.415. The molecule has 0 aliphatic heterocycles. The van der Waals surface area contributed by atoms with Crippen LogP contribution in [0, 0.1) is 0 Å². The van der Waals surface area contributed by atoms with Gasteiger partial charge in [-0.25, -0.2) is 18.5 Å². The topological polar surface area (TPSA) is 104 Å². The molecule has 0 fully saturated rings. The van der Waals surface area contributed by atoms with Gasteiger partial charge in [-0.1, -0.05) is 0 Å². The van der Waals surface area contributed by atoms with E-state index in [1.807, 2.05) is 36.4 Å². The van der Waals surface area contributed by atoms with Gasteiger partial charge in [0.1, 0.15) is 11.5 Å². The number of nitrogens with two attached hydrogens (primary N) is 1. The average Bonchev–Trinajstić information content (AvgIpc) is 2.72. The van der Waals surface area contributed by atoms with Crippen LogP contribution in [-0.2, 0) is 10.0 Å². The maximum Gasteiger partial charge on any atom is 0.238 e. The van der Waals surface area contributed by atoms with Crippen molar-refractivity contribution in [2.24, 2.45) is 5.14 Å². The molecule has 4 rings (SSSR count). The summed E-state index contributed by atoms with van der Waals surface area (Å²) in [4.78, 5) is 4.81. The van der Waals surface area contributed by atoms with Crippen molar-refractivity contribution in [1.82, 2.24) is 4.98 Å². The summed E-state index contributed by atoms with van der Waals surface area (Å²) < 4.78 is 33.7. The highest BCUT2D eigenvalue weighted by molar-refractivity contribution is 7.89. The van der Waals surface area contributed by atoms with Gasteiger partial charge < -0.3 is 14.8 Å². The molecule has 1 heterocycles. The van der Waals surface area contributed by atoms with Crippen molar-refractivity contribution >= 4 is 43.2 Å². The van der Waals surface area contributed by atoms with E-state index in [4.69, 9.17) is 19.6 Å². The van der Waals surface area contributed by atoms with Gasteiger partial charge in [0.15, 0.2) is 0 Å². The number of primary sulfonamides is 1. The highest BCUT2D eigenvalue weighted by Gasteiger charge is 2.13. The van der Waals surface area contributed by atoms with Gasteiger partial charge in [0.2, 0.25) is 10.0 Å². The molecule has 148 valence electrons. The molecule has 0 aliphatic rings. The predicted octanol–water partition coefficient (Wildman–Crippen LogP) is 3.80. The molecule has 0 spiro atoms. The van der Waals surface area contributed by atoms with Crippen molar-refractivity contribution in [3.05, 3.63) is 60.7 Å². The van der Waals surface area contributed by atoms with Crippen molar-refractivity contribution in [1.29, 1.82) is 0 Å². The Morgan fingerprint density at radius 2 is 1.34 bits per heavy atom. The second-order valence-corrected chi connectivity index (χ2v) is 8.01. The van der Waals surface area contributed by atoms with E-state index in [1.54, 1.807) is 26.4 Å². The number of fused-ring (bicyclic) bond motifs is 2. The largest absolute Gasteiger partial charge is 0.497 e. The number of rotatable bonds is 5. The van der Waals surface area contributed by atoms with Crippen molar-refractivity contribution in [2.75, 3.05) is 19.5 Å². The molecule has 0 atom stereocenters. The third-order valence-corrected chi connectivity index (χ3v) is 5.57. The molecular formula is C21H19N3O4S. The maximum atomic E-state index is 11.5. The lowest BCUT2D eigenvalue weighted by Crippen LogP contribution is -2.11. The van der Waals surface area contributed by atoms with Crippen LogP contribution in [0.5, 0.6) is 11.5 Å². The van der Waals surface area contributed by atoms with Crippen LogP contribution < -0.4 is 19.9 Å². The Labute approximate surface area is 168 Å². The molecule has 3 aromatic carbocycles. The van der Waals surface area contributed by atoms with Crippen LogP contribution in [0.25, 0.3) is 21.8 Å². The van der Waals surface area contributed by atoms with Crippen LogP contribution in [0.15, 0.2) is 65.6 Å². The minimum Gasteiger partial charge on any atom is -0.497 e. The number of hydrogen-bond donors (Lipinski definition) is 2. The summed E-state index contributed by atoms with van der Waals surface area (Å²) in [6.45, 7) is 0. The highest BCUT2D eigenvalue weighted by atomic mass is 32.2. The number of hydrogen-bond acceptors (Lipinski definition) is 6. The van der Waals surface area contributed by atoms with Crippen LogP contribution in [-0.4, -0.2) is 27.6 Å². The van der Waals surface area contributed by atoms with E-state index in [-0.39, 0.29) is 4.90 Å². The number of pyridine rings is 1. The number of nitrogens with zero attached hydrogens (tertiary/aromatic N) is 1. The fourth-order valence-corrected chi connectivity index (χ4v) is 3.68. The number of sulfonamides is 1. The molecule has 1 aromatic heterocycles. The number of benzene rings is 3. The van der Waals surface area contributed by atoms with E-state index in [2.05, 4.69) is 5.32 Å². The first-order valence-electron chi connectivity index (χ1n) is 8.74. The Balaban J connectivity index is 1.90. The smallest absolute Gasteiger partial charge is 0.238 e. The summed E-state index contributed by atoms with van der Waals surface area (Å²) in [5.41, 5.74) is 3.08. The Bertz CT molecular complexity index is 1260. The summed E-state index contributed by atoms with van der Waals surface area (Å²) in [5.74, 6) is 1.41. The van der Waals surface area contributed by atoms with E-state index < -0.39 is 10.0 Å². The van der Waals surface area contributed by atoms with E-state index in [0.717, 1.165) is 33.2 Å². The lowest BCUT2D eigenvalue weighted by Gasteiger charge is -2.15. The minimum absolute atomic E-state index is 0.0574. The predicted molar refractivity (Wildman–Crippen MR) is 113 cm³/mol. The van der Waals surface area contributed by atoms with E-state index >= 15 is 0 Å². The normalized spacial score (nSPS) is 11.6. The van der Waals surface area contributed by atoms with Gasteiger partial charge in [-0.2, -0.15) is 0 Å². The molecular weight excluding hydrogens is 390 g/mol. The van der Waals surface area contributed by atoms with Crippen molar-refractivity contribution in [3.63, 3.8) is 0 Å². The van der Waals surface area contributed by atoms with Gasteiger partial charge in [0.25, 0.3) is 0 Å². The first kappa shape index (κ1) is 19.0. The van der Waals surface area contributed by atoms with Crippen LogP contribution in [0.4, 0.5) is 11.4 Å². The van der Waals surface area contributed by atoms with Crippen molar-refractivity contribution in [2.45, 2.75) is 4.90 Å². The molecule has 0 saturated carbocycles. The molecule has 7 nitrogen and oxygen atoms in total. The zero-order chi connectivity index (χ0) is 20.6. The van der Waals surface area contributed by atoms with Gasteiger partial charge >= 0.3 is 0 Å². The van der Waals surface area contributed by atoms with Gasteiger partial charge in [-0.3, -0.25) is 0 Å². The SMILES string of the molecule is COc1ccc2c(Nc3ccc(S(N)(=O)=O)cc3)c3ccc(OC)cc3nc2c1. The fourth-order valence-electron chi connectivity index (χ4n) is 3.17. The number of aromatic nitrogens is 1. The average molecular weight is 409 g/mol. The molecule has 0 aliphatic carbocycles. The molecule has 0 unspecified atom stereocenters. The van der Waals surface area contributed by atoms with E-state index in [1.165, 1.54) is 12.1 Å². The number of anilines is 2. The molecule has 0 radical (unpaired) electrons. The quantitative estimate of drug-likeness (QED) is 0.486. The molecule has 8 heteroatoms. The van der Waals surface area contributed by atoms with Gasteiger partial charge in [0, 0.05) is 28.6 Å². The Morgan fingerprint density at radius 3 is 1.79 bits per heavy atom. The molecule has 3 N–H and O–H groups in total. The van der Waals surface area contributed by atoms with Gasteiger partial charge in [-0.15, -0.1) is 0 Å². The van der Waals surface area contributed by atoms with Crippen molar-refractivity contribution < 1.29 is 17.9 Å². The summed E-state index contributed by atoms with van der Waals surface area (Å²) >= 11 is 0. The maximum absolute atomic E-state index is 11.5. The summed E-state index contributed by atoms with van der Waals surface area (Å²) in [6.07, 6.45) is 0. The van der Waals surface area contributed by atoms with Crippen LogP contribution >= 0.6 is 0 Å². The van der Waals surface area contributed by atoms with Crippen molar-refractivity contribution in [3.8, 4) is 11.5 Å². The second-order valence-electron chi connectivity index (χ2n) is 6.45. The standard InChI is InChI=1S/C21H19N3O4S/c1-27-14-5-9-17-19(11-14)24-20-12-15(28-2)6-10-18(20)21(17)23-13-3-7-16(8-4-13)29(22,25)26/h3-12H,1-2H3,(H,23,24)(H2,22,25,26). The van der Waals surface area contributed by atoms with E-state index in [9.17, 15) is 8.42 Å². The van der Waals surface area contributed by atoms with Crippen LogP contribution in [0.3, 0.4) is 0 Å². The Morgan fingerprint density at radius 1 is 0.828 bits per heavy atom. The summed E-state index contributed by atoms with van der Waals surface area (Å²) in [5, 5.41) is 10.4. The Hall–Kier alpha value is -3.36. The minimum atomic E-state index is -3.74. The fraction of sp³-hybridized carbons (Fsp3) is 0.0952. The summed E-state index contributed by atoms with van der Waals surface area (Å²) in [6, 6.07) is 17.6. The highest BCUT2D eigenvalue weighted by Crippen LogP contribution is 2.36. The number of methoxy groups -OCH3 is 2. The zero-order valence-electron chi connectivity index (χ0n) is 15.8. The van der Waals surface area contributed by atoms with Crippen LogP contribution in [0.1, 0.15) is 0 Å². The summed E-state index contributed by atoms with van der Waals surface area (Å²) in [7, 11) is -0.526. The molecule has 4 aromatic rings. The second kappa shape index (κ2) is 7.23.